The number of carboxylic acids is 1. The Labute approximate surface area is 112 Å². The lowest BCUT2D eigenvalue weighted by Crippen LogP contribution is -2.43. The summed E-state index contributed by atoms with van der Waals surface area (Å²) in [6, 6.07) is 7.88. The van der Waals surface area contributed by atoms with E-state index in [1.807, 2.05) is 6.07 Å². The number of carboxylic acid groups (broad SMARTS) is 1. The molecule has 1 heterocycles. The van der Waals surface area contributed by atoms with Crippen molar-refractivity contribution in [2.75, 3.05) is 6.54 Å². The Kier molecular flexibility index (Phi) is 3.91. The molecule has 1 aliphatic rings. The van der Waals surface area contributed by atoms with Gasteiger partial charge in [0.15, 0.2) is 0 Å². The lowest BCUT2D eigenvalue weighted by atomic mass is 10.0. The average Bonchev–Trinajstić information content (AvgIpc) is 2.72. The molecule has 0 amide bonds. The molecule has 0 aromatic heterocycles. The first kappa shape index (κ1) is 14.0. The largest absolute Gasteiger partial charge is 0.480 e. The summed E-state index contributed by atoms with van der Waals surface area (Å²) < 4.78 is 25.8. The van der Waals surface area contributed by atoms with Crippen LogP contribution in [0.2, 0.25) is 0 Å². The van der Waals surface area contributed by atoms with Gasteiger partial charge in [-0.3, -0.25) is 4.79 Å². The molecule has 1 aliphatic heterocycles. The molecule has 2 unspecified atom stereocenters. The molecule has 0 aliphatic carbocycles. The summed E-state index contributed by atoms with van der Waals surface area (Å²) in [6.07, 6.45) is 0.588. The molecule has 1 aromatic carbocycles. The van der Waals surface area contributed by atoms with Crippen LogP contribution in [-0.4, -0.2) is 36.4 Å². The molecule has 2 rings (SSSR count). The van der Waals surface area contributed by atoms with Gasteiger partial charge < -0.3 is 5.11 Å². The zero-order chi connectivity index (χ0) is 14.0. The second kappa shape index (κ2) is 5.30. The van der Waals surface area contributed by atoms with Gasteiger partial charge in [0.25, 0.3) is 0 Å². The van der Waals surface area contributed by atoms with Crippen LogP contribution in [0.4, 0.5) is 0 Å². The van der Waals surface area contributed by atoms with Gasteiger partial charge in [0, 0.05) is 6.54 Å². The van der Waals surface area contributed by atoms with Gasteiger partial charge in [-0.15, -0.1) is 0 Å². The topological polar surface area (TPSA) is 74.7 Å². The van der Waals surface area contributed by atoms with E-state index in [0.717, 1.165) is 4.31 Å². The smallest absolute Gasteiger partial charge is 0.322 e. The minimum atomic E-state index is -3.59. The first-order valence-corrected chi connectivity index (χ1v) is 7.79. The molecular formula is C13H17NO4S. The van der Waals surface area contributed by atoms with Crippen LogP contribution in [0, 0.1) is 5.92 Å². The third-order valence-corrected chi connectivity index (χ3v) is 5.28. The number of carbonyl (C=O) groups is 1. The molecule has 5 nitrogen and oxygen atoms in total. The van der Waals surface area contributed by atoms with Crippen LogP contribution >= 0.6 is 0 Å². The summed E-state index contributed by atoms with van der Waals surface area (Å²) in [5, 5.41) is 9.18. The maximum Gasteiger partial charge on any atom is 0.322 e. The zero-order valence-electron chi connectivity index (χ0n) is 10.7. The molecule has 0 spiro atoms. The highest BCUT2D eigenvalue weighted by molar-refractivity contribution is 7.88. The number of rotatable bonds is 4. The van der Waals surface area contributed by atoms with Gasteiger partial charge in [-0.2, -0.15) is 4.31 Å². The fraction of sp³-hybridized carbons (Fsp3) is 0.462. The van der Waals surface area contributed by atoms with Crippen LogP contribution in [0.3, 0.4) is 0 Å². The van der Waals surface area contributed by atoms with Crippen molar-refractivity contribution in [3.8, 4) is 0 Å². The van der Waals surface area contributed by atoms with Gasteiger partial charge in [0.1, 0.15) is 6.04 Å². The van der Waals surface area contributed by atoms with Gasteiger partial charge in [0.05, 0.1) is 5.75 Å². The van der Waals surface area contributed by atoms with Crippen molar-refractivity contribution in [3.05, 3.63) is 35.9 Å². The Hall–Kier alpha value is -1.40. The molecule has 6 heteroatoms. The number of benzene rings is 1. The Morgan fingerprint density at radius 1 is 1.37 bits per heavy atom. The highest BCUT2D eigenvalue weighted by atomic mass is 32.2. The molecule has 0 radical (unpaired) electrons. The summed E-state index contributed by atoms with van der Waals surface area (Å²) in [5.74, 6) is -1.37. The maximum atomic E-state index is 12.3. The molecule has 2 atom stereocenters. The first-order valence-electron chi connectivity index (χ1n) is 6.18. The summed E-state index contributed by atoms with van der Waals surface area (Å²) in [7, 11) is -3.59. The first-order chi connectivity index (χ1) is 8.92. The molecule has 1 aromatic rings. The van der Waals surface area contributed by atoms with E-state index in [1.54, 1.807) is 31.2 Å². The van der Waals surface area contributed by atoms with E-state index in [9.17, 15) is 18.3 Å². The average molecular weight is 283 g/mol. The van der Waals surface area contributed by atoms with Crippen LogP contribution in [0.25, 0.3) is 0 Å². The quantitative estimate of drug-likeness (QED) is 0.904. The van der Waals surface area contributed by atoms with Crippen molar-refractivity contribution in [2.24, 2.45) is 5.92 Å². The Bertz CT molecular complexity index is 555. The molecule has 0 saturated carbocycles. The summed E-state index contributed by atoms with van der Waals surface area (Å²) in [4.78, 5) is 11.2. The second-order valence-corrected chi connectivity index (χ2v) is 6.82. The van der Waals surface area contributed by atoms with Crippen molar-refractivity contribution < 1.29 is 18.3 Å². The number of nitrogens with zero attached hydrogens (tertiary/aromatic N) is 1. The predicted molar refractivity (Wildman–Crippen MR) is 71.0 cm³/mol. The van der Waals surface area contributed by atoms with Crippen LogP contribution < -0.4 is 0 Å². The number of hydrogen-bond acceptors (Lipinski definition) is 3. The van der Waals surface area contributed by atoms with Crippen LogP contribution in [-0.2, 0) is 20.6 Å². The Morgan fingerprint density at radius 3 is 2.58 bits per heavy atom. The lowest BCUT2D eigenvalue weighted by molar-refractivity contribution is -0.141. The fourth-order valence-corrected chi connectivity index (χ4v) is 4.27. The third-order valence-electron chi connectivity index (χ3n) is 3.46. The van der Waals surface area contributed by atoms with Crippen molar-refractivity contribution >= 4 is 16.0 Å². The van der Waals surface area contributed by atoms with Gasteiger partial charge in [0.2, 0.25) is 10.0 Å². The Balaban J connectivity index is 2.22. The van der Waals surface area contributed by atoms with Gasteiger partial charge in [-0.1, -0.05) is 37.3 Å². The Morgan fingerprint density at radius 2 is 2.00 bits per heavy atom. The standard InChI is InChI=1S/C13H17NO4S/c1-10-7-8-14(12(10)13(15)16)19(17,18)9-11-5-3-2-4-6-11/h2-6,10,12H,7-9H2,1H3,(H,15,16). The molecule has 19 heavy (non-hydrogen) atoms. The summed E-state index contributed by atoms with van der Waals surface area (Å²) in [6.45, 7) is 2.06. The second-order valence-electron chi connectivity index (χ2n) is 4.90. The van der Waals surface area contributed by atoms with Crippen molar-refractivity contribution in [2.45, 2.75) is 25.1 Å². The molecule has 1 saturated heterocycles. The third kappa shape index (κ3) is 2.96. The van der Waals surface area contributed by atoms with Gasteiger partial charge in [-0.05, 0) is 17.9 Å². The van der Waals surface area contributed by atoms with Gasteiger partial charge in [-0.25, -0.2) is 8.42 Å². The molecule has 104 valence electrons. The predicted octanol–water partition coefficient (Wildman–Crippen LogP) is 1.31. The number of sulfonamides is 1. The van der Waals surface area contributed by atoms with Gasteiger partial charge >= 0.3 is 5.97 Å². The fourth-order valence-electron chi connectivity index (χ4n) is 2.46. The van der Waals surface area contributed by atoms with E-state index < -0.39 is 22.0 Å². The van der Waals surface area contributed by atoms with Crippen LogP contribution in [0.1, 0.15) is 18.9 Å². The maximum absolute atomic E-state index is 12.3. The van der Waals surface area contributed by atoms with Crippen molar-refractivity contribution in [3.63, 3.8) is 0 Å². The van der Waals surface area contributed by atoms with E-state index in [0.29, 0.717) is 12.0 Å². The van der Waals surface area contributed by atoms with E-state index in [1.165, 1.54) is 0 Å². The summed E-state index contributed by atoms with van der Waals surface area (Å²) >= 11 is 0. The molecule has 1 fully saturated rings. The zero-order valence-corrected chi connectivity index (χ0v) is 11.5. The van der Waals surface area contributed by atoms with Crippen molar-refractivity contribution in [1.82, 2.24) is 4.31 Å². The van der Waals surface area contributed by atoms with Crippen molar-refractivity contribution in [1.29, 1.82) is 0 Å². The van der Waals surface area contributed by atoms with E-state index in [-0.39, 0.29) is 18.2 Å². The number of hydrogen-bond donors (Lipinski definition) is 1. The van der Waals surface area contributed by atoms with E-state index >= 15 is 0 Å². The molecular weight excluding hydrogens is 266 g/mol. The SMILES string of the molecule is CC1CCN(S(=O)(=O)Cc2ccccc2)C1C(=O)O. The molecule has 0 bridgehead atoms. The highest BCUT2D eigenvalue weighted by Crippen LogP contribution is 2.28. The molecule has 1 N–H and O–H groups in total. The lowest BCUT2D eigenvalue weighted by Gasteiger charge is -2.22. The number of aliphatic carboxylic acids is 1. The normalized spacial score (nSPS) is 24.5. The minimum absolute atomic E-state index is 0.148. The van der Waals surface area contributed by atoms with E-state index in [2.05, 4.69) is 0 Å². The highest BCUT2D eigenvalue weighted by Gasteiger charge is 2.43. The monoisotopic (exact) mass is 283 g/mol. The van der Waals surface area contributed by atoms with E-state index in [4.69, 9.17) is 0 Å². The minimum Gasteiger partial charge on any atom is -0.480 e. The van der Waals surface area contributed by atoms with Crippen LogP contribution in [0.15, 0.2) is 30.3 Å². The van der Waals surface area contributed by atoms with Crippen LogP contribution in [0.5, 0.6) is 0 Å². The summed E-state index contributed by atoms with van der Waals surface area (Å²) in [5.41, 5.74) is 0.672.